The lowest BCUT2D eigenvalue weighted by molar-refractivity contribution is 0.0737. The summed E-state index contributed by atoms with van der Waals surface area (Å²) in [6.07, 6.45) is 0. The van der Waals surface area contributed by atoms with Gasteiger partial charge in [-0.15, -0.1) is 0 Å². The molecular weight excluding hydrogens is 356 g/mol. The summed E-state index contributed by atoms with van der Waals surface area (Å²) in [7, 11) is 0. The van der Waals surface area contributed by atoms with Crippen LogP contribution < -0.4 is 4.90 Å². The van der Waals surface area contributed by atoms with E-state index in [4.69, 9.17) is 0 Å². The minimum Gasteiger partial charge on any atom is -0.345 e. The standard InChI is InChI=1S/C19H17F2N3OS/c1-12-5-6-15-16(11-12)26-19(22-15)24-9-7-23(8-10-24)18(25)17-13(20)3-2-4-14(17)21/h2-6,11H,7-10H2,1H3. The first-order chi connectivity index (χ1) is 12.5. The molecule has 0 unspecified atom stereocenters. The van der Waals surface area contributed by atoms with Crippen LogP contribution in [0.4, 0.5) is 13.9 Å². The van der Waals surface area contributed by atoms with Crippen molar-refractivity contribution >= 4 is 32.6 Å². The summed E-state index contributed by atoms with van der Waals surface area (Å²) in [5.41, 5.74) is 1.67. The Bertz CT molecular complexity index is 960. The summed E-state index contributed by atoms with van der Waals surface area (Å²) < 4.78 is 28.8. The van der Waals surface area contributed by atoms with E-state index in [0.717, 1.165) is 27.5 Å². The van der Waals surface area contributed by atoms with Crippen molar-refractivity contribution in [2.45, 2.75) is 6.92 Å². The van der Waals surface area contributed by atoms with Crippen LogP contribution in [0.3, 0.4) is 0 Å². The zero-order valence-electron chi connectivity index (χ0n) is 14.2. The molecule has 134 valence electrons. The Kier molecular flexibility index (Phi) is 4.32. The van der Waals surface area contributed by atoms with Crippen molar-refractivity contribution < 1.29 is 13.6 Å². The van der Waals surface area contributed by atoms with Crippen molar-refractivity contribution in [3.05, 3.63) is 59.2 Å². The fourth-order valence-corrected chi connectivity index (χ4v) is 4.23. The van der Waals surface area contributed by atoms with Crippen LogP contribution in [0.25, 0.3) is 10.2 Å². The third-order valence-corrected chi connectivity index (χ3v) is 5.63. The molecule has 1 amide bonds. The number of carbonyl (C=O) groups excluding carboxylic acids is 1. The zero-order chi connectivity index (χ0) is 18.3. The van der Waals surface area contributed by atoms with Gasteiger partial charge >= 0.3 is 0 Å². The molecule has 0 saturated carbocycles. The van der Waals surface area contributed by atoms with Crippen LogP contribution in [0.2, 0.25) is 0 Å². The third-order valence-electron chi connectivity index (χ3n) is 4.55. The molecule has 1 saturated heterocycles. The van der Waals surface area contributed by atoms with Crippen molar-refractivity contribution in [3.8, 4) is 0 Å². The molecule has 1 aliphatic heterocycles. The Morgan fingerprint density at radius 3 is 2.46 bits per heavy atom. The van der Waals surface area contributed by atoms with Crippen molar-refractivity contribution in [2.75, 3.05) is 31.1 Å². The van der Waals surface area contributed by atoms with Crippen LogP contribution in [0, 0.1) is 18.6 Å². The fraction of sp³-hybridized carbons (Fsp3) is 0.263. The summed E-state index contributed by atoms with van der Waals surface area (Å²) in [5.74, 6) is -2.24. The summed E-state index contributed by atoms with van der Waals surface area (Å²) in [5, 5.41) is 0.912. The number of nitrogens with zero attached hydrogens (tertiary/aromatic N) is 3. The van der Waals surface area contributed by atoms with E-state index in [1.807, 2.05) is 19.1 Å². The monoisotopic (exact) mass is 373 g/mol. The van der Waals surface area contributed by atoms with Gasteiger partial charge in [-0.05, 0) is 36.8 Å². The largest absolute Gasteiger partial charge is 0.345 e. The second kappa shape index (κ2) is 6.64. The van der Waals surface area contributed by atoms with Crippen LogP contribution in [0.15, 0.2) is 36.4 Å². The van der Waals surface area contributed by atoms with E-state index in [-0.39, 0.29) is 0 Å². The van der Waals surface area contributed by atoms with Gasteiger partial charge in [-0.3, -0.25) is 4.79 Å². The van der Waals surface area contributed by atoms with Crippen molar-refractivity contribution in [1.82, 2.24) is 9.88 Å². The molecule has 26 heavy (non-hydrogen) atoms. The van der Waals surface area contributed by atoms with E-state index < -0.39 is 23.1 Å². The number of benzene rings is 2. The Morgan fingerprint density at radius 2 is 1.77 bits per heavy atom. The van der Waals surface area contributed by atoms with Gasteiger partial charge in [-0.2, -0.15) is 0 Å². The first kappa shape index (κ1) is 16.9. The second-order valence-electron chi connectivity index (χ2n) is 6.34. The number of carbonyl (C=O) groups is 1. The van der Waals surface area contributed by atoms with Crippen LogP contribution in [0.1, 0.15) is 15.9 Å². The normalized spacial score (nSPS) is 14.9. The molecule has 2 aromatic carbocycles. The highest BCUT2D eigenvalue weighted by molar-refractivity contribution is 7.22. The number of fused-ring (bicyclic) bond motifs is 1. The highest BCUT2D eigenvalue weighted by Gasteiger charge is 2.27. The van der Waals surface area contributed by atoms with Gasteiger partial charge in [0.25, 0.3) is 5.91 Å². The Labute approximate surface area is 153 Å². The molecule has 1 aliphatic rings. The van der Waals surface area contributed by atoms with E-state index in [1.54, 1.807) is 11.3 Å². The van der Waals surface area contributed by atoms with Gasteiger partial charge in [0.1, 0.15) is 17.2 Å². The highest BCUT2D eigenvalue weighted by atomic mass is 32.1. The van der Waals surface area contributed by atoms with Crippen LogP contribution in [-0.2, 0) is 0 Å². The predicted molar refractivity (Wildman–Crippen MR) is 98.8 cm³/mol. The lowest BCUT2D eigenvalue weighted by Gasteiger charge is -2.34. The molecule has 4 nitrogen and oxygen atoms in total. The van der Waals surface area contributed by atoms with Gasteiger partial charge < -0.3 is 9.80 Å². The number of rotatable bonds is 2. The maximum atomic E-state index is 13.8. The fourth-order valence-electron chi connectivity index (χ4n) is 3.12. The van der Waals surface area contributed by atoms with Crippen LogP contribution in [-0.4, -0.2) is 42.0 Å². The van der Waals surface area contributed by atoms with E-state index in [0.29, 0.717) is 26.2 Å². The maximum Gasteiger partial charge on any atom is 0.259 e. The Hall–Kier alpha value is -2.54. The first-order valence-corrected chi connectivity index (χ1v) is 9.20. The molecule has 1 aromatic heterocycles. The number of amides is 1. The number of hydrogen-bond acceptors (Lipinski definition) is 4. The number of anilines is 1. The van der Waals surface area contributed by atoms with Gasteiger partial charge in [0.15, 0.2) is 5.13 Å². The molecule has 0 N–H and O–H groups in total. The van der Waals surface area contributed by atoms with E-state index in [1.165, 1.54) is 16.5 Å². The third kappa shape index (κ3) is 3.03. The molecule has 0 spiro atoms. The first-order valence-electron chi connectivity index (χ1n) is 8.38. The summed E-state index contributed by atoms with van der Waals surface area (Å²) in [6.45, 7) is 4.02. The molecule has 1 fully saturated rings. The molecule has 4 rings (SSSR count). The van der Waals surface area contributed by atoms with Crippen molar-refractivity contribution in [3.63, 3.8) is 0 Å². The average molecular weight is 373 g/mol. The minimum atomic E-state index is -0.820. The number of thiazole rings is 1. The van der Waals surface area contributed by atoms with Gasteiger partial charge in [0.2, 0.25) is 0 Å². The Morgan fingerprint density at radius 1 is 1.08 bits per heavy atom. The van der Waals surface area contributed by atoms with Crippen LogP contribution in [0.5, 0.6) is 0 Å². The lowest BCUT2D eigenvalue weighted by atomic mass is 10.1. The number of halogens is 2. The topological polar surface area (TPSA) is 36.4 Å². The van der Waals surface area contributed by atoms with Crippen molar-refractivity contribution in [1.29, 1.82) is 0 Å². The smallest absolute Gasteiger partial charge is 0.259 e. The number of aromatic nitrogens is 1. The summed E-state index contributed by atoms with van der Waals surface area (Å²) in [4.78, 5) is 20.7. The van der Waals surface area contributed by atoms with Crippen molar-refractivity contribution in [2.24, 2.45) is 0 Å². The molecule has 7 heteroatoms. The second-order valence-corrected chi connectivity index (χ2v) is 7.35. The lowest BCUT2D eigenvalue weighted by Crippen LogP contribution is -2.49. The summed E-state index contributed by atoms with van der Waals surface area (Å²) >= 11 is 1.62. The summed E-state index contributed by atoms with van der Waals surface area (Å²) in [6, 6.07) is 9.62. The molecule has 0 aliphatic carbocycles. The molecular formula is C19H17F2N3OS. The Balaban J connectivity index is 1.49. The van der Waals surface area contributed by atoms with Crippen LogP contribution >= 0.6 is 11.3 Å². The molecule has 0 atom stereocenters. The number of aryl methyl sites for hydroxylation is 1. The predicted octanol–water partition coefficient (Wildman–Crippen LogP) is 3.85. The zero-order valence-corrected chi connectivity index (χ0v) is 15.0. The van der Waals surface area contributed by atoms with Gasteiger partial charge in [-0.1, -0.05) is 23.5 Å². The van der Waals surface area contributed by atoms with Gasteiger partial charge in [0, 0.05) is 26.2 Å². The number of hydrogen-bond donors (Lipinski definition) is 0. The highest BCUT2D eigenvalue weighted by Crippen LogP contribution is 2.30. The number of piperazine rings is 1. The molecule has 0 radical (unpaired) electrons. The SMILES string of the molecule is Cc1ccc2nc(N3CCN(C(=O)c4c(F)cccc4F)CC3)sc2c1. The average Bonchev–Trinajstić information content (AvgIpc) is 3.04. The van der Waals surface area contributed by atoms with Gasteiger partial charge in [-0.25, -0.2) is 13.8 Å². The van der Waals surface area contributed by atoms with E-state index >= 15 is 0 Å². The molecule has 3 aromatic rings. The minimum absolute atomic E-state index is 0.404. The van der Waals surface area contributed by atoms with E-state index in [2.05, 4.69) is 16.0 Å². The van der Waals surface area contributed by atoms with E-state index in [9.17, 15) is 13.6 Å². The maximum absolute atomic E-state index is 13.8. The quantitative estimate of drug-likeness (QED) is 0.685. The molecule has 0 bridgehead atoms. The molecule has 2 heterocycles. The van der Waals surface area contributed by atoms with Gasteiger partial charge in [0.05, 0.1) is 10.2 Å².